The number of hydrogen-bond donors (Lipinski definition) is 1. The number of hydrogen-bond acceptors (Lipinski definition) is 2. The van der Waals surface area contributed by atoms with Crippen molar-refractivity contribution in [1.29, 1.82) is 0 Å². The van der Waals surface area contributed by atoms with Crippen LogP contribution in [0.1, 0.15) is 31.4 Å². The van der Waals surface area contributed by atoms with Gasteiger partial charge in [-0.3, -0.25) is 4.98 Å². The molecule has 2 N–H and O–H groups in total. The molecule has 0 aliphatic carbocycles. The normalized spacial score (nSPS) is 12.5. The van der Waals surface area contributed by atoms with Crippen LogP contribution in [0, 0.1) is 0 Å². The summed E-state index contributed by atoms with van der Waals surface area (Å²) in [6.45, 7) is 6.04. The molecule has 1 aromatic rings. The van der Waals surface area contributed by atoms with Crippen molar-refractivity contribution in [3.63, 3.8) is 0 Å². The van der Waals surface area contributed by atoms with E-state index >= 15 is 0 Å². The summed E-state index contributed by atoms with van der Waals surface area (Å²) in [5.74, 6) is 0. The molecule has 0 saturated heterocycles. The maximum atomic E-state index is 5.98. The third-order valence-corrected chi connectivity index (χ3v) is 2.14. The second-order valence-electron chi connectivity index (χ2n) is 3.19. The van der Waals surface area contributed by atoms with Gasteiger partial charge in [0.25, 0.3) is 0 Å². The van der Waals surface area contributed by atoms with Crippen LogP contribution >= 0.6 is 0 Å². The molecule has 0 spiro atoms. The van der Waals surface area contributed by atoms with E-state index in [2.05, 4.69) is 18.5 Å². The quantitative estimate of drug-likeness (QED) is 0.716. The van der Waals surface area contributed by atoms with Gasteiger partial charge in [-0.1, -0.05) is 19.1 Å². The Kier molecular flexibility index (Phi) is 3.65. The SMILES string of the molecule is C=C(CC)CC(N)c1ccncc1. The lowest BCUT2D eigenvalue weighted by molar-refractivity contribution is 0.700. The van der Waals surface area contributed by atoms with Crippen LogP contribution in [0.4, 0.5) is 0 Å². The molecule has 0 aliphatic rings. The van der Waals surface area contributed by atoms with Gasteiger partial charge in [0.1, 0.15) is 0 Å². The summed E-state index contributed by atoms with van der Waals surface area (Å²) in [6.07, 6.45) is 5.40. The van der Waals surface area contributed by atoms with Gasteiger partial charge in [0, 0.05) is 18.4 Å². The largest absolute Gasteiger partial charge is 0.324 e. The highest BCUT2D eigenvalue weighted by molar-refractivity contribution is 5.16. The minimum Gasteiger partial charge on any atom is -0.324 e. The van der Waals surface area contributed by atoms with Crippen molar-refractivity contribution in [2.75, 3.05) is 0 Å². The predicted octanol–water partition coefficient (Wildman–Crippen LogP) is 2.44. The second-order valence-corrected chi connectivity index (χ2v) is 3.19. The predicted molar refractivity (Wildman–Crippen MR) is 55.2 cm³/mol. The van der Waals surface area contributed by atoms with Gasteiger partial charge in [0.2, 0.25) is 0 Å². The number of nitrogens with two attached hydrogens (primary N) is 1. The van der Waals surface area contributed by atoms with Crippen molar-refractivity contribution in [3.05, 3.63) is 42.2 Å². The fraction of sp³-hybridized carbons (Fsp3) is 0.364. The second kappa shape index (κ2) is 4.77. The number of pyridine rings is 1. The molecule has 0 aliphatic heterocycles. The summed E-state index contributed by atoms with van der Waals surface area (Å²) in [7, 11) is 0. The molecule has 1 atom stereocenters. The van der Waals surface area contributed by atoms with Crippen LogP contribution in [0.15, 0.2) is 36.7 Å². The van der Waals surface area contributed by atoms with E-state index in [9.17, 15) is 0 Å². The Morgan fingerprint density at radius 2 is 2.15 bits per heavy atom. The molecule has 13 heavy (non-hydrogen) atoms. The van der Waals surface area contributed by atoms with Crippen molar-refractivity contribution in [1.82, 2.24) is 4.98 Å². The molecule has 0 aromatic carbocycles. The molecule has 0 amide bonds. The Bertz CT molecular complexity index is 267. The van der Waals surface area contributed by atoms with Crippen LogP contribution in [0.5, 0.6) is 0 Å². The molecule has 2 nitrogen and oxygen atoms in total. The lowest BCUT2D eigenvalue weighted by Crippen LogP contribution is -2.10. The van der Waals surface area contributed by atoms with Crippen LogP contribution in [0.3, 0.4) is 0 Å². The molecule has 1 heterocycles. The third-order valence-electron chi connectivity index (χ3n) is 2.14. The first kappa shape index (κ1) is 9.93. The van der Waals surface area contributed by atoms with Crippen LogP contribution in [0.2, 0.25) is 0 Å². The van der Waals surface area contributed by atoms with Crippen molar-refractivity contribution in [2.24, 2.45) is 5.73 Å². The minimum absolute atomic E-state index is 0.0652. The van der Waals surface area contributed by atoms with Crippen LogP contribution < -0.4 is 5.73 Å². The van der Waals surface area contributed by atoms with Crippen molar-refractivity contribution >= 4 is 0 Å². The molecule has 0 radical (unpaired) electrons. The van der Waals surface area contributed by atoms with Gasteiger partial charge >= 0.3 is 0 Å². The topological polar surface area (TPSA) is 38.9 Å². The first-order chi connectivity index (χ1) is 6.24. The molecule has 0 bridgehead atoms. The molecule has 70 valence electrons. The van der Waals surface area contributed by atoms with Gasteiger partial charge < -0.3 is 5.73 Å². The lowest BCUT2D eigenvalue weighted by Gasteiger charge is -2.12. The Morgan fingerprint density at radius 3 is 2.69 bits per heavy atom. The van der Waals surface area contributed by atoms with E-state index in [1.807, 2.05) is 12.1 Å². The Balaban J connectivity index is 2.59. The number of aromatic nitrogens is 1. The van der Waals surface area contributed by atoms with E-state index < -0.39 is 0 Å². The average Bonchev–Trinajstić information content (AvgIpc) is 2.19. The first-order valence-corrected chi connectivity index (χ1v) is 4.56. The summed E-state index contributed by atoms with van der Waals surface area (Å²) in [5.41, 5.74) is 8.31. The highest BCUT2D eigenvalue weighted by Crippen LogP contribution is 2.18. The Hall–Kier alpha value is -1.15. The van der Waals surface area contributed by atoms with Gasteiger partial charge in [-0.15, -0.1) is 0 Å². The summed E-state index contributed by atoms with van der Waals surface area (Å²) < 4.78 is 0. The van der Waals surface area contributed by atoms with Crippen molar-refractivity contribution in [3.8, 4) is 0 Å². The summed E-state index contributed by atoms with van der Waals surface area (Å²) in [4.78, 5) is 3.95. The molecule has 1 aromatic heterocycles. The molecular weight excluding hydrogens is 160 g/mol. The van der Waals surface area contributed by atoms with E-state index in [-0.39, 0.29) is 6.04 Å². The van der Waals surface area contributed by atoms with Gasteiger partial charge in [0.15, 0.2) is 0 Å². The number of rotatable bonds is 4. The summed E-state index contributed by atoms with van der Waals surface area (Å²) in [6, 6.07) is 3.97. The van der Waals surface area contributed by atoms with Crippen LogP contribution in [-0.2, 0) is 0 Å². The van der Waals surface area contributed by atoms with Gasteiger partial charge in [0.05, 0.1) is 0 Å². The van der Waals surface area contributed by atoms with Gasteiger partial charge in [-0.25, -0.2) is 0 Å². The zero-order chi connectivity index (χ0) is 9.68. The fourth-order valence-electron chi connectivity index (χ4n) is 1.18. The zero-order valence-electron chi connectivity index (χ0n) is 8.03. The van der Waals surface area contributed by atoms with Crippen molar-refractivity contribution in [2.45, 2.75) is 25.8 Å². The Labute approximate surface area is 79.5 Å². The molecule has 1 rings (SSSR count). The fourth-order valence-corrected chi connectivity index (χ4v) is 1.18. The Morgan fingerprint density at radius 1 is 1.54 bits per heavy atom. The molecule has 0 saturated carbocycles. The van der Waals surface area contributed by atoms with Crippen molar-refractivity contribution < 1.29 is 0 Å². The average molecular weight is 176 g/mol. The van der Waals surface area contributed by atoms with E-state index in [0.29, 0.717) is 0 Å². The van der Waals surface area contributed by atoms with E-state index in [1.54, 1.807) is 12.4 Å². The molecule has 2 heteroatoms. The highest BCUT2D eigenvalue weighted by atomic mass is 14.6. The highest BCUT2D eigenvalue weighted by Gasteiger charge is 2.05. The molecule has 1 unspecified atom stereocenters. The zero-order valence-corrected chi connectivity index (χ0v) is 8.03. The van der Waals surface area contributed by atoms with E-state index in [0.717, 1.165) is 18.4 Å². The first-order valence-electron chi connectivity index (χ1n) is 4.56. The lowest BCUT2D eigenvalue weighted by atomic mass is 10.0. The minimum atomic E-state index is 0.0652. The van der Waals surface area contributed by atoms with Crippen LogP contribution in [0.25, 0.3) is 0 Å². The number of nitrogens with zero attached hydrogens (tertiary/aromatic N) is 1. The van der Waals surface area contributed by atoms with E-state index in [1.165, 1.54) is 5.57 Å². The smallest absolute Gasteiger partial charge is 0.0333 e. The summed E-state index contributed by atoms with van der Waals surface area (Å²) in [5, 5.41) is 0. The van der Waals surface area contributed by atoms with Gasteiger partial charge in [-0.2, -0.15) is 0 Å². The maximum absolute atomic E-state index is 5.98. The maximum Gasteiger partial charge on any atom is 0.0333 e. The van der Waals surface area contributed by atoms with Crippen LogP contribution in [-0.4, -0.2) is 4.98 Å². The molecule has 0 fully saturated rings. The molecular formula is C11H16N2. The third kappa shape index (κ3) is 2.99. The standard InChI is InChI=1S/C11H16N2/c1-3-9(2)8-11(12)10-4-6-13-7-5-10/h4-7,11H,2-3,8,12H2,1H3. The summed E-state index contributed by atoms with van der Waals surface area (Å²) >= 11 is 0. The van der Waals surface area contributed by atoms with E-state index in [4.69, 9.17) is 5.73 Å². The van der Waals surface area contributed by atoms with Gasteiger partial charge in [-0.05, 0) is 30.5 Å². The monoisotopic (exact) mass is 176 g/mol.